The van der Waals surface area contributed by atoms with Crippen molar-refractivity contribution in [2.45, 2.75) is 6.92 Å². The summed E-state index contributed by atoms with van der Waals surface area (Å²) in [5.41, 5.74) is 0.739. The van der Waals surface area contributed by atoms with Crippen molar-refractivity contribution < 1.29 is 4.79 Å². The molecule has 0 fully saturated rings. The molecule has 3 nitrogen and oxygen atoms in total. The molecule has 0 aliphatic carbocycles. The maximum atomic E-state index is 10.9. The van der Waals surface area contributed by atoms with Gasteiger partial charge in [0.25, 0.3) is 0 Å². The van der Waals surface area contributed by atoms with Gasteiger partial charge in [0.1, 0.15) is 16.4 Å². The number of aromatic nitrogens is 1. The van der Waals surface area contributed by atoms with Crippen LogP contribution in [0.5, 0.6) is 0 Å². The summed E-state index contributed by atoms with van der Waals surface area (Å²) < 4.78 is 0.506. The maximum absolute atomic E-state index is 10.9. The van der Waals surface area contributed by atoms with Gasteiger partial charge in [0, 0.05) is 5.56 Å². The Morgan fingerprint density at radius 2 is 2.33 bits per heavy atom. The summed E-state index contributed by atoms with van der Waals surface area (Å²) in [7, 11) is 0. The number of Topliss-reactive ketones (excluding diaryl/α,β-unsaturated/α-hetero) is 1. The van der Waals surface area contributed by atoms with Crippen molar-refractivity contribution in [2.24, 2.45) is 0 Å². The molecule has 0 amide bonds. The fourth-order valence-electron chi connectivity index (χ4n) is 0.757. The number of halogens is 1. The molecule has 0 aliphatic rings. The monoisotopic (exact) mass is 224 g/mol. The molecule has 1 aromatic rings. The van der Waals surface area contributed by atoms with Crippen molar-refractivity contribution >= 4 is 21.7 Å². The summed E-state index contributed by atoms with van der Waals surface area (Å²) in [6.07, 6.45) is 0. The van der Waals surface area contributed by atoms with Crippen molar-refractivity contribution in [1.29, 1.82) is 5.26 Å². The maximum Gasteiger partial charge on any atom is 0.159 e. The Morgan fingerprint density at radius 1 is 1.67 bits per heavy atom. The van der Waals surface area contributed by atoms with Crippen LogP contribution in [0.3, 0.4) is 0 Å². The Hall–Kier alpha value is -1.21. The summed E-state index contributed by atoms with van der Waals surface area (Å²) in [4.78, 5) is 14.7. The highest BCUT2D eigenvalue weighted by Crippen LogP contribution is 2.11. The van der Waals surface area contributed by atoms with Crippen molar-refractivity contribution in [3.63, 3.8) is 0 Å². The first-order valence-corrected chi connectivity index (χ1v) is 4.01. The molecular weight excluding hydrogens is 220 g/mol. The molecule has 0 atom stereocenters. The van der Waals surface area contributed by atoms with E-state index in [9.17, 15) is 4.79 Å². The lowest BCUT2D eigenvalue weighted by Crippen LogP contribution is -1.95. The summed E-state index contributed by atoms with van der Waals surface area (Å²) in [5.74, 6) is -0.0744. The van der Waals surface area contributed by atoms with E-state index in [2.05, 4.69) is 20.9 Å². The lowest BCUT2D eigenvalue weighted by Gasteiger charge is -1.96. The third-order valence-electron chi connectivity index (χ3n) is 1.32. The van der Waals surface area contributed by atoms with Gasteiger partial charge in [-0.3, -0.25) is 4.79 Å². The summed E-state index contributed by atoms with van der Waals surface area (Å²) in [5, 5.41) is 8.52. The number of pyridine rings is 1. The zero-order valence-corrected chi connectivity index (χ0v) is 7.92. The second-order valence-corrected chi connectivity index (χ2v) is 3.04. The van der Waals surface area contributed by atoms with Gasteiger partial charge in [0.2, 0.25) is 0 Å². The van der Waals surface area contributed by atoms with Crippen LogP contribution in [-0.4, -0.2) is 10.8 Å². The van der Waals surface area contributed by atoms with E-state index in [1.807, 2.05) is 6.07 Å². The Kier molecular flexibility index (Phi) is 2.56. The lowest BCUT2D eigenvalue weighted by molar-refractivity contribution is 0.101. The average Bonchev–Trinajstić information content (AvgIpc) is 2.03. The van der Waals surface area contributed by atoms with Crippen LogP contribution in [0.4, 0.5) is 0 Å². The minimum atomic E-state index is -0.0744. The standard InChI is InChI=1S/C8H5BrN2O/c1-5(12)6-2-7(4-10)11-8(9)3-6/h2-3H,1H3. The third-order valence-corrected chi connectivity index (χ3v) is 1.72. The molecule has 0 N–H and O–H groups in total. The van der Waals surface area contributed by atoms with E-state index >= 15 is 0 Å². The van der Waals surface area contributed by atoms with Gasteiger partial charge in [-0.05, 0) is 35.0 Å². The first kappa shape index (κ1) is 8.88. The quantitative estimate of drug-likeness (QED) is 0.541. The number of nitrogens with zero attached hydrogens (tertiary/aromatic N) is 2. The number of hydrogen-bond acceptors (Lipinski definition) is 3. The van der Waals surface area contributed by atoms with Crippen LogP contribution in [0.15, 0.2) is 16.7 Å². The zero-order valence-electron chi connectivity index (χ0n) is 6.34. The fraction of sp³-hybridized carbons (Fsp3) is 0.125. The molecule has 0 radical (unpaired) electrons. The predicted molar refractivity (Wildman–Crippen MR) is 46.7 cm³/mol. The van der Waals surface area contributed by atoms with Crippen LogP contribution >= 0.6 is 15.9 Å². The number of carbonyl (C=O) groups excluding carboxylic acids is 1. The smallest absolute Gasteiger partial charge is 0.159 e. The van der Waals surface area contributed by atoms with E-state index in [4.69, 9.17) is 5.26 Å². The zero-order chi connectivity index (χ0) is 9.14. The topological polar surface area (TPSA) is 53.8 Å². The minimum absolute atomic E-state index is 0.0744. The van der Waals surface area contributed by atoms with Gasteiger partial charge < -0.3 is 0 Å². The Bertz CT molecular complexity index is 368. The molecule has 0 unspecified atom stereocenters. The van der Waals surface area contributed by atoms with Crippen molar-refractivity contribution in [1.82, 2.24) is 4.98 Å². The SMILES string of the molecule is CC(=O)c1cc(Br)nc(C#N)c1. The molecule has 1 heterocycles. The van der Waals surface area contributed by atoms with Gasteiger partial charge in [-0.2, -0.15) is 5.26 Å². The van der Waals surface area contributed by atoms with Crippen LogP contribution in [0.2, 0.25) is 0 Å². The number of hydrogen-bond donors (Lipinski definition) is 0. The molecule has 12 heavy (non-hydrogen) atoms. The number of rotatable bonds is 1. The summed E-state index contributed by atoms with van der Waals surface area (Å²) in [6.45, 7) is 1.45. The highest BCUT2D eigenvalue weighted by molar-refractivity contribution is 9.10. The van der Waals surface area contributed by atoms with Gasteiger partial charge >= 0.3 is 0 Å². The van der Waals surface area contributed by atoms with Gasteiger partial charge in [-0.25, -0.2) is 4.98 Å². The molecule has 0 spiro atoms. The second-order valence-electron chi connectivity index (χ2n) is 2.23. The minimum Gasteiger partial charge on any atom is -0.295 e. The molecule has 4 heteroatoms. The Labute approximate surface area is 78.2 Å². The third kappa shape index (κ3) is 1.89. The highest BCUT2D eigenvalue weighted by Gasteiger charge is 2.03. The van der Waals surface area contributed by atoms with E-state index in [1.54, 1.807) is 6.07 Å². The van der Waals surface area contributed by atoms with E-state index in [0.717, 1.165) is 0 Å². The van der Waals surface area contributed by atoms with Gasteiger partial charge in [-0.1, -0.05) is 0 Å². The van der Waals surface area contributed by atoms with Crippen LogP contribution in [0.25, 0.3) is 0 Å². The largest absolute Gasteiger partial charge is 0.295 e. The molecule has 0 aliphatic heterocycles. The van der Waals surface area contributed by atoms with Crippen molar-refractivity contribution in [2.75, 3.05) is 0 Å². The van der Waals surface area contributed by atoms with E-state index in [0.29, 0.717) is 10.2 Å². The second kappa shape index (κ2) is 3.46. The normalized spacial score (nSPS) is 9.08. The van der Waals surface area contributed by atoms with Crippen LogP contribution < -0.4 is 0 Å². The van der Waals surface area contributed by atoms with Crippen molar-refractivity contribution in [3.05, 3.63) is 28.0 Å². The number of ketones is 1. The molecule has 0 saturated heterocycles. The van der Waals surface area contributed by atoms with E-state index < -0.39 is 0 Å². The molecule has 1 rings (SSSR count). The number of nitriles is 1. The average molecular weight is 225 g/mol. The Balaban J connectivity index is 3.26. The lowest BCUT2D eigenvalue weighted by atomic mass is 10.2. The van der Waals surface area contributed by atoms with E-state index in [1.165, 1.54) is 13.0 Å². The molecule has 1 aromatic heterocycles. The van der Waals surface area contributed by atoms with Gasteiger partial charge in [0.15, 0.2) is 5.78 Å². The molecule has 60 valence electrons. The summed E-state index contributed by atoms with van der Waals surface area (Å²) >= 11 is 3.11. The summed E-state index contributed by atoms with van der Waals surface area (Å²) in [6, 6.07) is 4.92. The van der Waals surface area contributed by atoms with Crippen LogP contribution in [-0.2, 0) is 0 Å². The van der Waals surface area contributed by atoms with Gasteiger partial charge in [-0.15, -0.1) is 0 Å². The molecule has 0 bridgehead atoms. The van der Waals surface area contributed by atoms with Crippen LogP contribution in [0, 0.1) is 11.3 Å². The van der Waals surface area contributed by atoms with Crippen molar-refractivity contribution in [3.8, 4) is 6.07 Å². The Morgan fingerprint density at radius 3 is 2.83 bits per heavy atom. The molecular formula is C8H5BrN2O. The fourth-order valence-corrected chi connectivity index (χ4v) is 1.20. The first-order chi connectivity index (χ1) is 5.63. The van der Waals surface area contributed by atoms with Crippen LogP contribution in [0.1, 0.15) is 23.0 Å². The predicted octanol–water partition coefficient (Wildman–Crippen LogP) is 1.92. The number of carbonyl (C=O) groups is 1. The molecule has 0 saturated carbocycles. The van der Waals surface area contributed by atoms with E-state index in [-0.39, 0.29) is 11.5 Å². The van der Waals surface area contributed by atoms with Gasteiger partial charge in [0.05, 0.1) is 0 Å². The highest BCUT2D eigenvalue weighted by atomic mass is 79.9. The molecule has 0 aromatic carbocycles. The first-order valence-electron chi connectivity index (χ1n) is 3.22.